The van der Waals surface area contributed by atoms with Crippen molar-refractivity contribution >= 4 is 29.3 Å². The second-order valence-electron chi connectivity index (χ2n) is 6.96. The van der Waals surface area contributed by atoms with Gasteiger partial charge in [-0.25, -0.2) is 0 Å². The molecule has 2 aliphatic rings. The molecule has 2 aromatic carbocycles. The maximum atomic E-state index is 12.8. The number of hydrogen-bond acceptors (Lipinski definition) is 5. The lowest BCUT2D eigenvalue weighted by molar-refractivity contribution is -0.133. The summed E-state index contributed by atoms with van der Waals surface area (Å²) in [6.45, 7) is 3.94. The van der Waals surface area contributed by atoms with E-state index < -0.39 is 0 Å². The lowest BCUT2D eigenvalue weighted by Crippen LogP contribution is -2.37. The Kier molecular flexibility index (Phi) is 5.94. The first-order valence-corrected chi connectivity index (χ1v) is 10.8. The average Bonchev–Trinajstić information content (AvgIpc) is 3.23. The van der Waals surface area contributed by atoms with Crippen molar-refractivity contribution in [3.8, 4) is 11.5 Å². The number of ether oxygens (including phenoxy) is 2. The third-order valence-electron chi connectivity index (χ3n) is 5.13. The fourth-order valence-electron chi connectivity index (χ4n) is 3.57. The maximum Gasteiger partial charge on any atom is 0.231 e. The van der Waals surface area contributed by atoms with Gasteiger partial charge in [0.2, 0.25) is 18.6 Å². The molecule has 4 rings (SSSR count). The molecule has 0 aliphatic carbocycles. The van der Waals surface area contributed by atoms with E-state index in [0.717, 1.165) is 27.6 Å². The number of fused-ring (bicyclic) bond motifs is 2. The minimum atomic E-state index is -0.0156. The molecule has 0 spiro atoms. The molecule has 0 saturated heterocycles. The van der Waals surface area contributed by atoms with E-state index in [0.29, 0.717) is 25.4 Å². The van der Waals surface area contributed by atoms with Crippen LogP contribution in [0.25, 0.3) is 0 Å². The van der Waals surface area contributed by atoms with Crippen LogP contribution in [-0.4, -0.2) is 42.3 Å². The first kappa shape index (κ1) is 19.6. The quantitative estimate of drug-likeness (QED) is 0.724. The van der Waals surface area contributed by atoms with E-state index in [-0.39, 0.29) is 31.4 Å². The molecule has 2 amide bonds. The van der Waals surface area contributed by atoms with Crippen molar-refractivity contribution in [2.75, 3.05) is 30.5 Å². The van der Waals surface area contributed by atoms with Gasteiger partial charge in [0, 0.05) is 43.1 Å². The van der Waals surface area contributed by atoms with E-state index >= 15 is 0 Å². The van der Waals surface area contributed by atoms with E-state index in [2.05, 4.69) is 0 Å². The molecule has 152 valence electrons. The number of amides is 2. The summed E-state index contributed by atoms with van der Waals surface area (Å²) in [5.74, 6) is 2.31. The smallest absolute Gasteiger partial charge is 0.231 e. The third kappa shape index (κ3) is 4.34. The van der Waals surface area contributed by atoms with Gasteiger partial charge in [-0.2, -0.15) is 0 Å². The summed E-state index contributed by atoms with van der Waals surface area (Å²) >= 11 is 1.76. The van der Waals surface area contributed by atoms with Crippen LogP contribution in [0.3, 0.4) is 0 Å². The Morgan fingerprint density at radius 2 is 1.93 bits per heavy atom. The van der Waals surface area contributed by atoms with Crippen molar-refractivity contribution in [2.45, 2.75) is 31.2 Å². The van der Waals surface area contributed by atoms with Gasteiger partial charge in [0.25, 0.3) is 0 Å². The highest BCUT2D eigenvalue weighted by molar-refractivity contribution is 7.99. The lowest BCUT2D eigenvalue weighted by Gasteiger charge is -2.29. The molecule has 0 aromatic heterocycles. The van der Waals surface area contributed by atoms with E-state index in [9.17, 15) is 9.59 Å². The SMILES string of the molecule is CCN(Cc1ccc2c(c1)OCO2)C(=O)CCC(=O)N1CCSc2ccccc21. The van der Waals surface area contributed by atoms with Crippen molar-refractivity contribution in [3.63, 3.8) is 0 Å². The predicted molar refractivity (Wildman–Crippen MR) is 112 cm³/mol. The van der Waals surface area contributed by atoms with Crippen molar-refractivity contribution in [1.29, 1.82) is 0 Å². The van der Waals surface area contributed by atoms with Crippen LogP contribution in [0.4, 0.5) is 5.69 Å². The van der Waals surface area contributed by atoms with Crippen molar-refractivity contribution < 1.29 is 19.1 Å². The second-order valence-corrected chi connectivity index (χ2v) is 8.09. The van der Waals surface area contributed by atoms with Gasteiger partial charge < -0.3 is 19.3 Å². The van der Waals surface area contributed by atoms with Crippen LogP contribution in [-0.2, 0) is 16.1 Å². The lowest BCUT2D eigenvalue weighted by atomic mass is 10.1. The first-order valence-electron chi connectivity index (χ1n) is 9.84. The summed E-state index contributed by atoms with van der Waals surface area (Å²) in [5, 5.41) is 0. The fraction of sp³-hybridized carbons (Fsp3) is 0.364. The van der Waals surface area contributed by atoms with Gasteiger partial charge in [0.1, 0.15) is 0 Å². The number of thioether (sulfide) groups is 1. The molecule has 0 bridgehead atoms. The fourth-order valence-corrected chi connectivity index (χ4v) is 4.57. The number of rotatable bonds is 6. The highest BCUT2D eigenvalue weighted by atomic mass is 32.2. The minimum absolute atomic E-state index is 0.00484. The molecule has 6 nitrogen and oxygen atoms in total. The van der Waals surface area contributed by atoms with Gasteiger partial charge in [0.05, 0.1) is 5.69 Å². The molecule has 2 heterocycles. The number of nitrogens with zero attached hydrogens (tertiary/aromatic N) is 2. The Balaban J connectivity index is 1.35. The van der Waals surface area contributed by atoms with Crippen LogP contribution in [0.15, 0.2) is 47.4 Å². The largest absolute Gasteiger partial charge is 0.454 e. The van der Waals surface area contributed by atoms with Crippen LogP contribution >= 0.6 is 11.8 Å². The zero-order valence-corrected chi connectivity index (χ0v) is 17.2. The maximum absolute atomic E-state index is 12.8. The van der Waals surface area contributed by atoms with Crippen LogP contribution in [0.5, 0.6) is 11.5 Å². The summed E-state index contributed by atoms with van der Waals surface area (Å²) < 4.78 is 10.7. The number of para-hydroxylation sites is 1. The molecule has 0 saturated carbocycles. The molecule has 7 heteroatoms. The molecule has 0 N–H and O–H groups in total. The Bertz CT molecular complexity index is 917. The molecule has 29 heavy (non-hydrogen) atoms. The van der Waals surface area contributed by atoms with Gasteiger partial charge in [0.15, 0.2) is 11.5 Å². The molecule has 0 radical (unpaired) electrons. The first-order chi connectivity index (χ1) is 14.2. The van der Waals surface area contributed by atoms with Crippen molar-refractivity contribution in [1.82, 2.24) is 4.90 Å². The second kappa shape index (κ2) is 8.78. The topological polar surface area (TPSA) is 59.1 Å². The number of benzene rings is 2. The average molecular weight is 413 g/mol. The molecular weight excluding hydrogens is 388 g/mol. The zero-order chi connectivity index (χ0) is 20.2. The Morgan fingerprint density at radius 3 is 2.79 bits per heavy atom. The third-order valence-corrected chi connectivity index (χ3v) is 6.17. The summed E-state index contributed by atoms with van der Waals surface area (Å²) in [5.41, 5.74) is 1.94. The standard InChI is InChI=1S/C22H24N2O4S/c1-2-23(14-16-7-8-18-19(13-16)28-15-27-18)21(25)9-10-22(26)24-11-12-29-20-6-4-3-5-17(20)24/h3-8,13H,2,9-12,14-15H2,1H3. The van der Waals surface area contributed by atoms with Crippen LogP contribution < -0.4 is 14.4 Å². The van der Waals surface area contributed by atoms with Crippen molar-refractivity contribution in [2.24, 2.45) is 0 Å². The summed E-state index contributed by atoms with van der Waals surface area (Å²) in [7, 11) is 0. The van der Waals surface area contributed by atoms with E-state index in [4.69, 9.17) is 9.47 Å². The monoisotopic (exact) mass is 412 g/mol. The Hall–Kier alpha value is -2.67. The summed E-state index contributed by atoms with van der Waals surface area (Å²) in [6.07, 6.45) is 0.429. The molecule has 0 fully saturated rings. The highest BCUT2D eigenvalue weighted by Crippen LogP contribution is 2.35. The van der Waals surface area contributed by atoms with Crippen LogP contribution in [0, 0.1) is 0 Å². The number of anilines is 1. The van der Waals surface area contributed by atoms with Gasteiger partial charge in [-0.1, -0.05) is 18.2 Å². The zero-order valence-electron chi connectivity index (χ0n) is 16.4. The molecule has 0 atom stereocenters. The number of hydrogen-bond donors (Lipinski definition) is 0. The van der Waals surface area contributed by atoms with Gasteiger partial charge in [-0.3, -0.25) is 9.59 Å². The Morgan fingerprint density at radius 1 is 1.10 bits per heavy atom. The highest BCUT2D eigenvalue weighted by Gasteiger charge is 2.24. The molecule has 2 aromatic rings. The Labute approximate surface area is 174 Å². The van der Waals surface area contributed by atoms with E-state index in [1.165, 1.54) is 0 Å². The van der Waals surface area contributed by atoms with Crippen LogP contribution in [0.1, 0.15) is 25.3 Å². The normalized spacial score (nSPS) is 14.4. The van der Waals surface area contributed by atoms with E-state index in [1.54, 1.807) is 16.7 Å². The summed E-state index contributed by atoms with van der Waals surface area (Å²) in [4.78, 5) is 30.2. The van der Waals surface area contributed by atoms with Crippen LogP contribution in [0.2, 0.25) is 0 Å². The number of carbonyl (C=O) groups is 2. The number of carbonyl (C=O) groups excluding carboxylic acids is 2. The van der Waals surface area contributed by atoms with Gasteiger partial charge in [-0.05, 0) is 36.8 Å². The molecule has 2 aliphatic heterocycles. The summed E-state index contributed by atoms with van der Waals surface area (Å²) in [6, 6.07) is 13.7. The van der Waals surface area contributed by atoms with Gasteiger partial charge in [-0.15, -0.1) is 11.8 Å². The molecule has 0 unspecified atom stereocenters. The predicted octanol–water partition coefficient (Wildman–Crippen LogP) is 3.68. The molecular formula is C22H24N2O4S. The minimum Gasteiger partial charge on any atom is -0.454 e. The van der Waals surface area contributed by atoms with E-state index in [1.807, 2.05) is 54.3 Å². The van der Waals surface area contributed by atoms with Gasteiger partial charge >= 0.3 is 0 Å². The van der Waals surface area contributed by atoms with Crippen molar-refractivity contribution in [3.05, 3.63) is 48.0 Å².